The maximum Gasteiger partial charge on any atom is 0.257 e. The van der Waals surface area contributed by atoms with Gasteiger partial charge in [-0.2, -0.15) is 0 Å². The molecule has 0 bridgehead atoms. The number of aromatic nitrogens is 1. The Morgan fingerprint density at radius 2 is 1.85 bits per heavy atom. The van der Waals surface area contributed by atoms with Crippen LogP contribution in [0.5, 0.6) is 0 Å². The van der Waals surface area contributed by atoms with Crippen molar-refractivity contribution in [3.05, 3.63) is 76.8 Å². The van der Waals surface area contributed by atoms with E-state index in [0.717, 1.165) is 12.1 Å². The number of nitrogens with one attached hydrogen (secondary N) is 2. The lowest BCUT2D eigenvalue weighted by molar-refractivity contribution is -0.115. The maximum atomic E-state index is 12.2. The number of thiazole rings is 1. The van der Waals surface area contributed by atoms with Crippen LogP contribution in [-0.4, -0.2) is 16.8 Å². The zero-order valence-corrected chi connectivity index (χ0v) is 15.2. The van der Waals surface area contributed by atoms with Gasteiger partial charge in [-0.05, 0) is 36.2 Å². The normalized spacial score (nSPS) is 10.3. The fourth-order valence-corrected chi connectivity index (χ4v) is 3.15. The fraction of sp³-hybridized carbons (Fsp3) is 0.150. The van der Waals surface area contributed by atoms with Crippen LogP contribution in [0.4, 0.5) is 10.8 Å². The van der Waals surface area contributed by atoms with Gasteiger partial charge in [0.15, 0.2) is 5.13 Å². The summed E-state index contributed by atoms with van der Waals surface area (Å²) in [5, 5.41) is 7.89. The highest BCUT2D eigenvalue weighted by atomic mass is 32.1. The van der Waals surface area contributed by atoms with Gasteiger partial charge in [0.1, 0.15) is 0 Å². The summed E-state index contributed by atoms with van der Waals surface area (Å²) < 4.78 is 0. The number of benzene rings is 2. The van der Waals surface area contributed by atoms with Crippen LogP contribution in [-0.2, 0) is 17.6 Å². The van der Waals surface area contributed by atoms with E-state index in [0.29, 0.717) is 16.4 Å². The number of nitrogens with zero attached hydrogens (tertiary/aromatic N) is 1. The monoisotopic (exact) mass is 365 g/mol. The van der Waals surface area contributed by atoms with Crippen LogP contribution in [0.1, 0.15) is 28.5 Å². The molecule has 0 atom stereocenters. The average molecular weight is 365 g/mol. The van der Waals surface area contributed by atoms with Crippen LogP contribution in [0.15, 0.2) is 60.0 Å². The highest BCUT2D eigenvalue weighted by Crippen LogP contribution is 2.18. The maximum absolute atomic E-state index is 12.2. The van der Waals surface area contributed by atoms with E-state index in [1.165, 1.54) is 16.9 Å². The third kappa shape index (κ3) is 4.77. The topological polar surface area (TPSA) is 71.1 Å². The smallest absolute Gasteiger partial charge is 0.257 e. The van der Waals surface area contributed by atoms with E-state index >= 15 is 0 Å². The number of hydrogen-bond donors (Lipinski definition) is 2. The molecule has 0 radical (unpaired) electrons. The molecule has 0 saturated heterocycles. The molecule has 2 N–H and O–H groups in total. The van der Waals surface area contributed by atoms with E-state index in [-0.39, 0.29) is 18.2 Å². The summed E-state index contributed by atoms with van der Waals surface area (Å²) >= 11 is 1.30. The number of rotatable bonds is 6. The van der Waals surface area contributed by atoms with Gasteiger partial charge in [-0.15, -0.1) is 11.3 Å². The Morgan fingerprint density at radius 3 is 2.62 bits per heavy atom. The van der Waals surface area contributed by atoms with E-state index in [1.807, 2.05) is 30.3 Å². The molecule has 0 aliphatic carbocycles. The Morgan fingerprint density at radius 1 is 1.04 bits per heavy atom. The van der Waals surface area contributed by atoms with Crippen LogP contribution in [0.2, 0.25) is 0 Å². The largest absolute Gasteiger partial charge is 0.326 e. The number of anilines is 2. The molecule has 0 aliphatic heterocycles. The fourth-order valence-electron chi connectivity index (χ4n) is 2.44. The van der Waals surface area contributed by atoms with Crippen LogP contribution in [0, 0.1) is 0 Å². The minimum absolute atomic E-state index is 0.135. The zero-order valence-electron chi connectivity index (χ0n) is 14.4. The van der Waals surface area contributed by atoms with Crippen LogP contribution in [0.25, 0.3) is 0 Å². The molecule has 0 unspecified atom stereocenters. The van der Waals surface area contributed by atoms with E-state index in [9.17, 15) is 9.59 Å². The lowest BCUT2D eigenvalue weighted by atomic mass is 10.1. The molecule has 2 amide bonds. The van der Waals surface area contributed by atoms with Gasteiger partial charge in [-0.1, -0.05) is 37.3 Å². The lowest BCUT2D eigenvalue weighted by Crippen LogP contribution is -2.15. The molecule has 6 heteroatoms. The van der Waals surface area contributed by atoms with E-state index < -0.39 is 0 Å². The van der Waals surface area contributed by atoms with Gasteiger partial charge in [0.25, 0.3) is 5.91 Å². The van der Waals surface area contributed by atoms with Crippen molar-refractivity contribution in [1.82, 2.24) is 4.98 Å². The van der Waals surface area contributed by atoms with Crippen molar-refractivity contribution in [3.63, 3.8) is 0 Å². The molecule has 2 aromatic carbocycles. The molecule has 0 aliphatic rings. The number of carbonyl (C=O) groups excluding carboxylic acids is 2. The van der Waals surface area contributed by atoms with Crippen molar-refractivity contribution in [2.45, 2.75) is 19.8 Å². The number of carbonyl (C=O) groups is 2. The Bertz CT molecular complexity index is 906. The van der Waals surface area contributed by atoms with Crippen molar-refractivity contribution in [2.24, 2.45) is 0 Å². The van der Waals surface area contributed by atoms with Gasteiger partial charge in [0, 0.05) is 16.6 Å². The van der Waals surface area contributed by atoms with Crippen molar-refractivity contribution in [3.8, 4) is 0 Å². The molecule has 1 heterocycles. The second-order valence-corrected chi connectivity index (χ2v) is 6.60. The molecule has 0 spiro atoms. The molecular weight excluding hydrogens is 346 g/mol. The summed E-state index contributed by atoms with van der Waals surface area (Å²) in [6.07, 6.45) is 1.08. The van der Waals surface area contributed by atoms with Crippen molar-refractivity contribution >= 4 is 34.0 Å². The SMILES string of the molecule is CCc1cccc(NC(=O)Cc2csc(NC(=O)c3ccccc3)n2)c1. The Hall–Kier alpha value is -2.99. The summed E-state index contributed by atoms with van der Waals surface area (Å²) in [4.78, 5) is 28.6. The Balaban J connectivity index is 1.57. The second kappa shape index (κ2) is 8.40. The summed E-state index contributed by atoms with van der Waals surface area (Å²) in [7, 11) is 0. The van der Waals surface area contributed by atoms with Crippen LogP contribution < -0.4 is 10.6 Å². The van der Waals surface area contributed by atoms with Crippen molar-refractivity contribution in [2.75, 3.05) is 10.6 Å². The summed E-state index contributed by atoms with van der Waals surface area (Å²) in [5.74, 6) is -0.350. The van der Waals surface area contributed by atoms with Crippen molar-refractivity contribution in [1.29, 1.82) is 0 Å². The Labute approximate surface area is 156 Å². The number of hydrogen-bond acceptors (Lipinski definition) is 4. The molecule has 5 nitrogen and oxygen atoms in total. The molecule has 0 fully saturated rings. The molecule has 3 aromatic rings. The van der Waals surface area contributed by atoms with Gasteiger partial charge in [0.2, 0.25) is 5.91 Å². The van der Waals surface area contributed by atoms with E-state index in [2.05, 4.69) is 22.5 Å². The van der Waals surface area contributed by atoms with Gasteiger partial charge < -0.3 is 5.32 Å². The average Bonchev–Trinajstić information content (AvgIpc) is 3.09. The summed E-state index contributed by atoms with van der Waals surface area (Å²) in [6, 6.07) is 16.7. The second-order valence-electron chi connectivity index (χ2n) is 5.74. The summed E-state index contributed by atoms with van der Waals surface area (Å²) in [5.41, 5.74) is 3.14. The van der Waals surface area contributed by atoms with Gasteiger partial charge >= 0.3 is 0 Å². The minimum Gasteiger partial charge on any atom is -0.326 e. The van der Waals surface area contributed by atoms with Crippen LogP contribution in [0.3, 0.4) is 0 Å². The highest BCUT2D eigenvalue weighted by Gasteiger charge is 2.11. The van der Waals surface area contributed by atoms with Gasteiger partial charge in [-0.3, -0.25) is 14.9 Å². The predicted molar refractivity (Wildman–Crippen MR) is 105 cm³/mol. The first-order chi connectivity index (χ1) is 12.6. The first-order valence-electron chi connectivity index (χ1n) is 8.33. The molecule has 1 aromatic heterocycles. The first kappa shape index (κ1) is 17.8. The number of aryl methyl sites for hydroxylation is 1. The molecular formula is C20H19N3O2S. The standard InChI is InChI=1S/C20H19N3O2S/c1-2-14-7-6-10-16(11-14)21-18(24)12-17-13-26-20(22-17)23-19(25)15-8-4-3-5-9-15/h3-11,13H,2,12H2,1H3,(H,21,24)(H,22,23,25). The zero-order chi connectivity index (χ0) is 18.4. The number of amides is 2. The minimum atomic E-state index is -0.215. The van der Waals surface area contributed by atoms with Gasteiger partial charge in [0.05, 0.1) is 12.1 Å². The van der Waals surface area contributed by atoms with E-state index in [4.69, 9.17) is 0 Å². The van der Waals surface area contributed by atoms with Crippen LogP contribution >= 0.6 is 11.3 Å². The molecule has 132 valence electrons. The third-order valence-corrected chi connectivity index (χ3v) is 4.58. The van der Waals surface area contributed by atoms with Crippen molar-refractivity contribution < 1.29 is 9.59 Å². The highest BCUT2D eigenvalue weighted by molar-refractivity contribution is 7.14. The molecule has 3 rings (SSSR count). The molecule has 26 heavy (non-hydrogen) atoms. The third-order valence-electron chi connectivity index (χ3n) is 3.77. The summed E-state index contributed by atoms with van der Waals surface area (Å²) in [6.45, 7) is 2.07. The Kier molecular flexibility index (Phi) is 5.76. The van der Waals surface area contributed by atoms with E-state index in [1.54, 1.807) is 29.6 Å². The molecule has 0 saturated carbocycles. The lowest BCUT2D eigenvalue weighted by Gasteiger charge is -2.05. The predicted octanol–water partition coefficient (Wildman–Crippen LogP) is 4.14. The quantitative estimate of drug-likeness (QED) is 0.690. The van der Waals surface area contributed by atoms with Gasteiger partial charge in [-0.25, -0.2) is 4.98 Å². The first-order valence-corrected chi connectivity index (χ1v) is 9.21.